The molecule has 5 nitrogen and oxygen atoms in total. The van der Waals surface area contributed by atoms with Crippen LogP contribution in [0.15, 0.2) is 30.3 Å². The molecule has 27 heavy (non-hydrogen) atoms. The van der Waals surface area contributed by atoms with Gasteiger partial charge in [-0.3, -0.25) is 9.80 Å². The van der Waals surface area contributed by atoms with Crippen molar-refractivity contribution in [3.05, 3.63) is 41.7 Å². The van der Waals surface area contributed by atoms with Crippen LogP contribution >= 0.6 is 0 Å². The van der Waals surface area contributed by atoms with Crippen LogP contribution in [0.2, 0.25) is 0 Å². The number of nitrogens with zero attached hydrogens (tertiary/aromatic N) is 3. The molecule has 2 heterocycles. The van der Waals surface area contributed by atoms with Gasteiger partial charge in [-0.05, 0) is 44.0 Å². The van der Waals surface area contributed by atoms with Crippen molar-refractivity contribution in [3.8, 4) is 0 Å². The number of rotatable bonds is 5. The summed E-state index contributed by atoms with van der Waals surface area (Å²) >= 11 is 0. The van der Waals surface area contributed by atoms with Crippen molar-refractivity contribution in [2.45, 2.75) is 25.8 Å². The lowest BCUT2D eigenvalue weighted by Crippen LogP contribution is -2.56. The first-order valence-electron chi connectivity index (χ1n) is 9.96. The summed E-state index contributed by atoms with van der Waals surface area (Å²) in [6.45, 7) is 8.71. The zero-order chi connectivity index (χ0) is 19.1. The van der Waals surface area contributed by atoms with Gasteiger partial charge < -0.3 is 9.64 Å². The van der Waals surface area contributed by atoms with Crippen LogP contribution in [0.4, 0.5) is 9.18 Å². The molecule has 1 aromatic rings. The average Bonchev–Trinajstić information content (AvgIpc) is 2.70. The van der Waals surface area contributed by atoms with Crippen LogP contribution in [-0.4, -0.2) is 79.3 Å². The number of hydrogen-bond donors (Lipinski definition) is 0. The lowest BCUT2D eigenvalue weighted by molar-refractivity contribution is 0.0450. The number of piperazine rings is 1. The molecule has 6 heteroatoms. The summed E-state index contributed by atoms with van der Waals surface area (Å²) in [5.41, 5.74) is 1.03. The molecule has 1 amide bonds. The number of amides is 1. The van der Waals surface area contributed by atoms with Crippen LogP contribution in [0, 0.1) is 5.82 Å². The molecule has 0 aliphatic carbocycles. The number of piperidine rings is 1. The van der Waals surface area contributed by atoms with Crippen molar-refractivity contribution in [3.63, 3.8) is 0 Å². The van der Waals surface area contributed by atoms with Crippen molar-refractivity contribution in [1.29, 1.82) is 0 Å². The maximum absolute atomic E-state index is 13.0. The van der Waals surface area contributed by atoms with E-state index >= 15 is 0 Å². The fourth-order valence-electron chi connectivity index (χ4n) is 3.89. The predicted molar refractivity (Wildman–Crippen MR) is 105 cm³/mol. The summed E-state index contributed by atoms with van der Waals surface area (Å²) in [4.78, 5) is 18.6. The molecule has 1 aromatic carbocycles. The molecule has 0 saturated carbocycles. The lowest BCUT2D eigenvalue weighted by Gasteiger charge is -2.43. The van der Waals surface area contributed by atoms with Crippen molar-refractivity contribution in [1.82, 2.24) is 14.7 Å². The Morgan fingerprint density at radius 2 is 1.93 bits per heavy atom. The second kappa shape index (κ2) is 9.85. The third-order valence-corrected chi connectivity index (χ3v) is 5.38. The number of carbonyl (C=O) groups excluding carboxylic acids is 1. The monoisotopic (exact) mass is 375 g/mol. The van der Waals surface area contributed by atoms with E-state index in [0.717, 1.165) is 51.4 Å². The van der Waals surface area contributed by atoms with Crippen LogP contribution in [0.3, 0.4) is 0 Å². The smallest absolute Gasteiger partial charge is 0.409 e. The number of ether oxygens (including phenoxy) is 1. The molecule has 2 fully saturated rings. The van der Waals surface area contributed by atoms with Gasteiger partial charge in [-0.1, -0.05) is 24.3 Å². The number of hydrogen-bond acceptors (Lipinski definition) is 4. The van der Waals surface area contributed by atoms with Crippen LogP contribution < -0.4 is 0 Å². The van der Waals surface area contributed by atoms with E-state index in [2.05, 4.69) is 22.0 Å². The van der Waals surface area contributed by atoms with Gasteiger partial charge >= 0.3 is 6.09 Å². The zero-order valence-electron chi connectivity index (χ0n) is 16.1. The molecule has 1 unspecified atom stereocenters. The molecular formula is C21H30FN3O2. The third-order valence-electron chi connectivity index (χ3n) is 5.38. The van der Waals surface area contributed by atoms with Crippen LogP contribution in [0.25, 0.3) is 6.08 Å². The topological polar surface area (TPSA) is 36.0 Å². The van der Waals surface area contributed by atoms with E-state index in [4.69, 9.17) is 4.74 Å². The Balaban J connectivity index is 1.44. The summed E-state index contributed by atoms with van der Waals surface area (Å²) in [5.74, 6) is -0.200. The van der Waals surface area contributed by atoms with E-state index in [-0.39, 0.29) is 11.9 Å². The Morgan fingerprint density at radius 1 is 1.19 bits per heavy atom. The van der Waals surface area contributed by atoms with Gasteiger partial charge in [-0.2, -0.15) is 0 Å². The molecular weight excluding hydrogens is 345 g/mol. The molecule has 1 atom stereocenters. The predicted octanol–water partition coefficient (Wildman–Crippen LogP) is 3.08. The third kappa shape index (κ3) is 5.78. The zero-order valence-corrected chi connectivity index (χ0v) is 16.1. The van der Waals surface area contributed by atoms with Gasteiger partial charge in [0.1, 0.15) is 5.82 Å². The minimum Gasteiger partial charge on any atom is -0.450 e. The Kier molecular flexibility index (Phi) is 7.24. The van der Waals surface area contributed by atoms with Crippen LogP contribution in [-0.2, 0) is 4.74 Å². The van der Waals surface area contributed by atoms with Gasteiger partial charge in [0.05, 0.1) is 6.61 Å². The Hall–Kier alpha value is -1.92. The maximum Gasteiger partial charge on any atom is 0.409 e. The molecule has 0 aromatic heterocycles. The van der Waals surface area contributed by atoms with Crippen LogP contribution in [0.1, 0.15) is 25.3 Å². The van der Waals surface area contributed by atoms with Gasteiger partial charge in [0.2, 0.25) is 0 Å². The fraction of sp³-hybridized carbons (Fsp3) is 0.571. The van der Waals surface area contributed by atoms with Gasteiger partial charge in [-0.15, -0.1) is 0 Å². The molecule has 0 spiro atoms. The number of carbonyl (C=O) groups is 1. The summed E-state index contributed by atoms with van der Waals surface area (Å²) in [5, 5.41) is 0. The van der Waals surface area contributed by atoms with Crippen LogP contribution in [0.5, 0.6) is 0 Å². The van der Waals surface area contributed by atoms with Crippen molar-refractivity contribution in [2.75, 3.05) is 52.4 Å². The Bertz CT molecular complexity index is 627. The van der Waals surface area contributed by atoms with E-state index < -0.39 is 0 Å². The van der Waals surface area contributed by atoms with E-state index in [0.29, 0.717) is 12.6 Å². The van der Waals surface area contributed by atoms with Crippen molar-refractivity contribution < 1.29 is 13.9 Å². The normalized spacial score (nSPS) is 22.3. The summed E-state index contributed by atoms with van der Waals surface area (Å²) in [7, 11) is 0. The quantitative estimate of drug-likeness (QED) is 0.792. The second-order valence-corrected chi connectivity index (χ2v) is 7.23. The Morgan fingerprint density at radius 3 is 2.63 bits per heavy atom. The van der Waals surface area contributed by atoms with E-state index in [9.17, 15) is 9.18 Å². The molecule has 0 radical (unpaired) electrons. The van der Waals surface area contributed by atoms with E-state index in [1.165, 1.54) is 25.0 Å². The molecule has 2 aliphatic heterocycles. The minimum atomic E-state index is -0.200. The van der Waals surface area contributed by atoms with Gasteiger partial charge in [-0.25, -0.2) is 9.18 Å². The molecule has 0 bridgehead atoms. The summed E-state index contributed by atoms with van der Waals surface area (Å²) in [6, 6.07) is 7.14. The minimum absolute atomic E-state index is 0.187. The summed E-state index contributed by atoms with van der Waals surface area (Å²) < 4.78 is 18.1. The summed E-state index contributed by atoms with van der Waals surface area (Å²) in [6.07, 6.45) is 6.45. The molecule has 2 saturated heterocycles. The molecule has 148 valence electrons. The number of benzene rings is 1. The van der Waals surface area contributed by atoms with Gasteiger partial charge in [0.15, 0.2) is 0 Å². The highest BCUT2D eigenvalue weighted by atomic mass is 19.1. The largest absolute Gasteiger partial charge is 0.450 e. The average molecular weight is 375 g/mol. The number of likely N-dealkylation sites (tertiary alicyclic amines) is 1. The Labute approximate surface area is 161 Å². The standard InChI is InChI=1S/C21H30FN3O2/c1-2-27-21(26)25-15-13-24(14-16-25)20-6-4-12-23(17-20)11-3-5-18-7-9-19(22)10-8-18/h3,5,7-10,20H,2,4,6,11-17H2,1H3/b5-3+. The SMILES string of the molecule is CCOC(=O)N1CCN(C2CCCN(C/C=C/c3ccc(F)cc3)C2)CC1. The highest BCUT2D eigenvalue weighted by Gasteiger charge is 2.29. The van der Waals surface area contributed by atoms with Gasteiger partial charge in [0.25, 0.3) is 0 Å². The molecule has 3 rings (SSSR count). The maximum atomic E-state index is 13.0. The first-order valence-corrected chi connectivity index (χ1v) is 9.96. The second-order valence-electron chi connectivity index (χ2n) is 7.23. The van der Waals surface area contributed by atoms with E-state index in [1.807, 2.05) is 11.8 Å². The fourth-order valence-corrected chi connectivity index (χ4v) is 3.89. The van der Waals surface area contributed by atoms with Crippen molar-refractivity contribution in [2.24, 2.45) is 0 Å². The van der Waals surface area contributed by atoms with Crippen molar-refractivity contribution >= 4 is 12.2 Å². The van der Waals surface area contributed by atoms with E-state index in [1.54, 1.807) is 12.1 Å². The highest BCUT2D eigenvalue weighted by Crippen LogP contribution is 2.18. The molecule has 2 aliphatic rings. The lowest BCUT2D eigenvalue weighted by atomic mass is 10.0. The van der Waals surface area contributed by atoms with Gasteiger partial charge in [0, 0.05) is 45.3 Å². The first-order chi connectivity index (χ1) is 13.2. The highest BCUT2D eigenvalue weighted by molar-refractivity contribution is 5.67. The molecule has 0 N–H and O–H groups in total. The number of halogens is 1. The first kappa shape index (κ1) is 19.8.